The molecule has 1 saturated heterocycles. The van der Waals surface area contributed by atoms with Gasteiger partial charge in [0.1, 0.15) is 0 Å². The van der Waals surface area contributed by atoms with Crippen LogP contribution in [0.1, 0.15) is 12.8 Å². The highest BCUT2D eigenvalue weighted by atomic mass is 32.1. The van der Waals surface area contributed by atoms with Gasteiger partial charge in [0.15, 0.2) is 5.13 Å². The van der Waals surface area contributed by atoms with Crippen molar-refractivity contribution in [3.63, 3.8) is 0 Å². The maximum atomic E-state index is 9.24. The summed E-state index contributed by atoms with van der Waals surface area (Å²) in [6.07, 6.45) is 2.44. The van der Waals surface area contributed by atoms with E-state index < -0.39 is 0 Å². The summed E-state index contributed by atoms with van der Waals surface area (Å²) in [6.45, 7) is 2.12. The first-order valence-corrected chi connectivity index (χ1v) is 6.10. The van der Waals surface area contributed by atoms with E-state index in [0.29, 0.717) is 6.04 Å². The van der Waals surface area contributed by atoms with Gasteiger partial charge in [0.05, 0.1) is 5.38 Å². The van der Waals surface area contributed by atoms with Crippen molar-refractivity contribution >= 4 is 16.5 Å². The normalized spacial score (nSPS) is 21.5. The molecule has 0 saturated carbocycles. The highest BCUT2D eigenvalue weighted by Crippen LogP contribution is 2.30. The predicted octanol–water partition coefficient (Wildman–Crippen LogP) is 1.38. The van der Waals surface area contributed by atoms with Crippen LogP contribution in [0.5, 0.6) is 5.88 Å². The molecule has 1 fully saturated rings. The van der Waals surface area contributed by atoms with E-state index in [0.717, 1.165) is 18.2 Å². The number of likely N-dealkylation sites (N-methyl/N-ethyl adjacent to an activating group) is 1. The summed E-state index contributed by atoms with van der Waals surface area (Å²) >= 11 is 1.52. The average Bonchev–Trinajstić information content (AvgIpc) is 2.72. The van der Waals surface area contributed by atoms with Crippen LogP contribution in [0.4, 0.5) is 5.13 Å². The van der Waals surface area contributed by atoms with Crippen LogP contribution >= 0.6 is 11.3 Å². The van der Waals surface area contributed by atoms with Crippen molar-refractivity contribution in [2.45, 2.75) is 18.9 Å². The lowest BCUT2D eigenvalue weighted by Crippen LogP contribution is -2.37. The molecule has 0 aliphatic carbocycles. The summed E-state index contributed by atoms with van der Waals surface area (Å²) in [5, 5.41) is 11.9. The molecule has 1 aromatic heterocycles. The van der Waals surface area contributed by atoms with Crippen LogP contribution < -0.4 is 4.90 Å². The quantitative estimate of drug-likeness (QED) is 0.847. The Bertz CT molecular complexity index is 326. The number of thiazole rings is 1. The second-order valence-electron chi connectivity index (χ2n) is 4.24. The molecule has 84 valence electrons. The van der Waals surface area contributed by atoms with E-state index in [1.165, 1.54) is 24.2 Å². The maximum Gasteiger partial charge on any atom is 0.223 e. The lowest BCUT2D eigenvalue weighted by molar-refractivity contribution is 0.371. The van der Waals surface area contributed by atoms with Crippen molar-refractivity contribution in [1.82, 2.24) is 9.88 Å². The third-order valence-electron chi connectivity index (χ3n) is 2.68. The molecule has 1 atom stereocenters. The predicted molar refractivity (Wildman–Crippen MR) is 62.7 cm³/mol. The summed E-state index contributed by atoms with van der Waals surface area (Å²) in [5.41, 5.74) is 0. The highest BCUT2D eigenvalue weighted by molar-refractivity contribution is 7.13. The molecular formula is C10H17N3OS. The monoisotopic (exact) mass is 227 g/mol. The highest BCUT2D eigenvalue weighted by Gasteiger charge is 2.27. The summed E-state index contributed by atoms with van der Waals surface area (Å²) in [5.74, 6) is 0.144. The van der Waals surface area contributed by atoms with E-state index in [4.69, 9.17) is 0 Å². The number of rotatable bonds is 3. The Morgan fingerprint density at radius 1 is 1.67 bits per heavy atom. The van der Waals surface area contributed by atoms with Crippen LogP contribution in [0.25, 0.3) is 0 Å². The number of anilines is 1. The van der Waals surface area contributed by atoms with Crippen molar-refractivity contribution in [3.8, 4) is 5.88 Å². The van der Waals surface area contributed by atoms with Gasteiger partial charge in [-0.05, 0) is 26.9 Å². The van der Waals surface area contributed by atoms with Gasteiger partial charge in [0.2, 0.25) is 5.88 Å². The second-order valence-corrected chi connectivity index (χ2v) is 5.08. The molecule has 1 N–H and O–H groups in total. The zero-order chi connectivity index (χ0) is 10.8. The first kappa shape index (κ1) is 10.7. The molecule has 0 radical (unpaired) electrons. The van der Waals surface area contributed by atoms with Gasteiger partial charge in [-0.3, -0.25) is 0 Å². The van der Waals surface area contributed by atoms with E-state index in [9.17, 15) is 5.11 Å². The first-order chi connectivity index (χ1) is 7.16. The third kappa shape index (κ3) is 2.41. The SMILES string of the molecule is CN(C)CC1CCCN1c1nc(O)cs1. The van der Waals surface area contributed by atoms with Crippen LogP contribution in [-0.2, 0) is 0 Å². The van der Waals surface area contributed by atoms with Gasteiger partial charge >= 0.3 is 0 Å². The molecule has 1 aliphatic heterocycles. The molecule has 0 spiro atoms. The summed E-state index contributed by atoms with van der Waals surface area (Å²) in [7, 11) is 4.19. The zero-order valence-corrected chi connectivity index (χ0v) is 10.00. The van der Waals surface area contributed by atoms with Gasteiger partial charge in [0.25, 0.3) is 0 Å². The van der Waals surface area contributed by atoms with Crippen molar-refractivity contribution in [2.24, 2.45) is 0 Å². The Morgan fingerprint density at radius 2 is 2.47 bits per heavy atom. The van der Waals surface area contributed by atoms with Gasteiger partial charge in [-0.25, -0.2) is 0 Å². The molecule has 4 nitrogen and oxygen atoms in total. The number of aromatic hydroxyl groups is 1. The molecule has 1 aromatic rings. The van der Waals surface area contributed by atoms with Crippen molar-refractivity contribution in [2.75, 3.05) is 32.1 Å². The number of hydrogen-bond acceptors (Lipinski definition) is 5. The Labute approximate surface area is 94.2 Å². The Hall–Kier alpha value is -0.810. The lowest BCUT2D eigenvalue weighted by atomic mass is 10.2. The van der Waals surface area contributed by atoms with E-state index in [-0.39, 0.29) is 5.88 Å². The fourth-order valence-electron chi connectivity index (χ4n) is 2.09. The van der Waals surface area contributed by atoms with Crippen LogP contribution in [0, 0.1) is 0 Å². The lowest BCUT2D eigenvalue weighted by Gasteiger charge is -2.26. The van der Waals surface area contributed by atoms with Crippen LogP contribution in [0.3, 0.4) is 0 Å². The van der Waals surface area contributed by atoms with E-state index >= 15 is 0 Å². The third-order valence-corrected chi connectivity index (χ3v) is 3.54. The standard InChI is InChI=1S/C10H17N3OS/c1-12(2)6-8-4-3-5-13(8)10-11-9(14)7-15-10/h7-8,14H,3-6H2,1-2H3. The molecule has 2 rings (SSSR count). The molecule has 15 heavy (non-hydrogen) atoms. The van der Waals surface area contributed by atoms with Crippen molar-refractivity contribution < 1.29 is 5.11 Å². The molecule has 5 heteroatoms. The molecule has 0 aromatic carbocycles. The molecule has 0 bridgehead atoms. The van der Waals surface area contributed by atoms with Crippen LogP contribution in [0.15, 0.2) is 5.38 Å². The van der Waals surface area contributed by atoms with Gasteiger partial charge in [-0.15, -0.1) is 11.3 Å². The number of nitrogens with zero attached hydrogens (tertiary/aromatic N) is 3. The Kier molecular flexibility index (Phi) is 3.11. The molecule has 0 amide bonds. The molecule has 1 unspecified atom stereocenters. The fraction of sp³-hybridized carbons (Fsp3) is 0.700. The molecule has 1 aliphatic rings. The topological polar surface area (TPSA) is 39.6 Å². The van der Waals surface area contributed by atoms with E-state index in [2.05, 4.69) is 28.9 Å². The van der Waals surface area contributed by atoms with Gasteiger partial charge < -0.3 is 14.9 Å². The fourth-order valence-corrected chi connectivity index (χ4v) is 2.87. The molecule has 2 heterocycles. The zero-order valence-electron chi connectivity index (χ0n) is 9.18. The summed E-state index contributed by atoms with van der Waals surface area (Å²) < 4.78 is 0. The largest absolute Gasteiger partial charge is 0.493 e. The first-order valence-electron chi connectivity index (χ1n) is 5.22. The van der Waals surface area contributed by atoms with Crippen molar-refractivity contribution in [1.29, 1.82) is 0 Å². The van der Waals surface area contributed by atoms with Crippen molar-refractivity contribution in [3.05, 3.63) is 5.38 Å². The Morgan fingerprint density at radius 3 is 3.07 bits per heavy atom. The Balaban J connectivity index is 2.07. The number of aromatic nitrogens is 1. The second kappa shape index (κ2) is 4.37. The van der Waals surface area contributed by atoms with Gasteiger partial charge in [-0.1, -0.05) is 0 Å². The van der Waals surface area contributed by atoms with Crippen LogP contribution in [0.2, 0.25) is 0 Å². The minimum Gasteiger partial charge on any atom is -0.493 e. The minimum absolute atomic E-state index is 0.144. The van der Waals surface area contributed by atoms with Gasteiger partial charge in [0, 0.05) is 19.1 Å². The maximum absolute atomic E-state index is 9.24. The van der Waals surface area contributed by atoms with E-state index in [1.54, 1.807) is 5.38 Å². The van der Waals surface area contributed by atoms with Crippen LogP contribution in [-0.4, -0.2) is 48.2 Å². The van der Waals surface area contributed by atoms with Gasteiger partial charge in [-0.2, -0.15) is 4.98 Å². The summed E-state index contributed by atoms with van der Waals surface area (Å²) in [4.78, 5) is 8.65. The summed E-state index contributed by atoms with van der Waals surface area (Å²) in [6, 6.07) is 0.547. The smallest absolute Gasteiger partial charge is 0.223 e. The number of hydrogen-bond donors (Lipinski definition) is 1. The molecular weight excluding hydrogens is 210 g/mol. The minimum atomic E-state index is 0.144. The average molecular weight is 227 g/mol. The van der Waals surface area contributed by atoms with E-state index in [1.807, 2.05) is 0 Å².